The third kappa shape index (κ3) is 16.7. The molecule has 0 saturated carbocycles. The van der Waals surface area contributed by atoms with Gasteiger partial charge in [0.1, 0.15) is 18.3 Å². The number of aromatic hydroxyl groups is 3. The molecular weight excluding hydrogens is 1420 g/mol. The first-order valence-corrected chi connectivity index (χ1v) is 34.9. The standard InChI is InChI=1S/C81H92O28/c1-41(87)72(90)47-25-50-51(35-83)75(108-80(50)67(31-47)100-9)44-16-21-57(63(29-44)96-5)104-70(37-85)78(46-14-18-54(88)60(28-46)93-2)109-81-55(89)26-48(34-68(81)101-10)79(106-59-20-15-43(27-62(59)95-4)73(91)69(36-84)103-56-19-13-42(12-11-23-82)24-61(56)94-3)71(38-86)105-58-22-17-45(30-64(58)97-6)76-52-39-102-40-53(52)77(107-76)49-32-65(98-7)74(92)66(33-49)99-8/h11-22,24-34,41,51-53,69-73,75-79,82-92H,23,35-40H2,1-10H3. The van der Waals surface area contributed by atoms with Crippen molar-refractivity contribution in [2.75, 3.05) is 110 Å². The van der Waals surface area contributed by atoms with Crippen molar-refractivity contribution in [2.45, 2.75) is 80.0 Å². The average Bonchev–Trinajstić information content (AvgIpc) is 1.65. The molecule has 8 aromatic carbocycles. The number of hydrogen-bond acceptors (Lipinski definition) is 28. The maximum absolute atomic E-state index is 12.6. The first kappa shape index (κ1) is 79.5. The smallest absolute Gasteiger partial charge is 0.204 e. The van der Waals surface area contributed by atoms with Crippen LogP contribution in [0.5, 0.6) is 103 Å². The number of aliphatic hydroxyl groups is 8. The van der Waals surface area contributed by atoms with Gasteiger partial charge in [0.2, 0.25) is 11.5 Å². The van der Waals surface area contributed by atoms with Gasteiger partial charge in [-0.15, -0.1) is 0 Å². The van der Waals surface area contributed by atoms with E-state index in [9.17, 15) is 56.2 Å². The van der Waals surface area contributed by atoms with Gasteiger partial charge in [-0.1, -0.05) is 42.5 Å². The maximum Gasteiger partial charge on any atom is 0.204 e. The van der Waals surface area contributed by atoms with Crippen LogP contribution in [-0.4, -0.2) is 191 Å². The zero-order chi connectivity index (χ0) is 77.9. The first-order valence-electron chi connectivity index (χ1n) is 34.9. The van der Waals surface area contributed by atoms with Crippen molar-refractivity contribution in [1.29, 1.82) is 0 Å². The van der Waals surface area contributed by atoms with Gasteiger partial charge in [0, 0.05) is 28.5 Å². The Balaban J connectivity index is 0.943. The molecule has 3 aliphatic rings. The topological polar surface area (TPSA) is 379 Å². The molecule has 2 fully saturated rings. The van der Waals surface area contributed by atoms with Crippen LogP contribution in [0.2, 0.25) is 0 Å². The summed E-state index contributed by atoms with van der Waals surface area (Å²) in [5.74, 6) is -0.0975. The fourth-order valence-electron chi connectivity index (χ4n) is 14.0. The minimum Gasteiger partial charge on any atom is -0.504 e. The number of phenols is 3. The molecule has 14 atom stereocenters. The van der Waals surface area contributed by atoms with E-state index in [1.165, 1.54) is 119 Å². The van der Waals surface area contributed by atoms with E-state index >= 15 is 0 Å². The Morgan fingerprint density at radius 2 is 0.890 bits per heavy atom. The maximum atomic E-state index is 12.6. The molecule has 14 unspecified atom stereocenters. The lowest BCUT2D eigenvalue weighted by molar-refractivity contribution is -0.00366. The molecule has 0 aliphatic carbocycles. The predicted molar refractivity (Wildman–Crippen MR) is 392 cm³/mol. The molecule has 28 nitrogen and oxygen atoms in total. The third-order valence-corrected chi connectivity index (χ3v) is 19.6. The molecule has 0 amide bonds. The molecule has 0 aromatic heterocycles. The summed E-state index contributed by atoms with van der Waals surface area (Å²) in [7, 11) is 12.6. The molecule has 11 rings (SSSR count). The number of benzene rings is 8. The number of rotatable bonds is 36. The Labute approximate surface area is 629 Å². The fraction of sp³-hybridized carbons (Fsp3) is 0.383. The zero-order valence-corrected chi connectivity index (χ0v) is 61.7. The molecule has 11 N–H and O–H groups in total. The van der Waals surface area contributed by atoms with Gasteiger partial charge in [0.05, 0.1) is 134 Å². The van der Waals surface area contributed by atoms with Gasteiger partial charge < -0.3 is 137 Å². The van der Waals surface area contributed by atoms with Crippen LogP contribution in [0.3, 0.4) is 0 Å². The molecule has 0 spiro atoms. The monoisotopic (exact) mass is 1510 g/mol. The van der Waals surface area contributed by atoms with Gasteiger partial charge in [0.15, 0.2) is 123 Å². The average molecular weight is 1510 g/mol. The van der Waals surface area contributed by atoms with Crippen LogP contribution in [0, 0.1) is 11.8 Å². The van der Waals surface area contributed by atoms with Crippen LogP contribution in [-0.2, 0) is 9.47 Å². The summed E-state index contributed by atoms with van der Waals surface area (Å²) in [6.07, 6.45) is -9.38. The SMILES string of the molecule is COc1cc(C(Oc2c(O)cc(C(Oc3ccc(C(O)C(CO)Oc4ccc(C=CCO)cc4OC)cc3OC)C(CO)Oc3ccc(C4OC(c5cc(OC)c(O)c(OC)c5)C5COCC45)cc3OC)cc2OC)C(CO)Oc2ccc(C3Oc4c(OC)cc(C(O)C(C)O)cc4C3CO)cc2OC)ccc1O. The van der Waals surface area contributed by atoms with E-state index in [-0.39, 0.29) is 127 Å². The minimum absolute atomic E-state index is 0.0128. The Morgan fingerprint density at radius 3 is 1.45 bits per heavy atom. The number of fused-ring (bicyclic) bond motifs is 2. The van der Waals surface area contributed by atoms with Gasteiger partial charge in [-0.05, 0) is 137 Å². The van der Waals surface area contributed by atoms with E-state index in [0.717, 1.165) is 0 Å². The van der Waals surface area contributed by atoms with Gasteiger partial charge in [0.25, 0.3) is 0 Å². The first-order chi connectivity index (χ1) is 52.8. The van der Waals surface area contributed by atoms with Crippen LogP contribution in [0.1, 0.15) is 106 Å². The summed E-state index contributed by atoms with van der Waals surface area (Å²) in [5, 5.41) is 121. The van der Waals surface area contributed by atoms with E-state index in [2.05, 4.69) is 0 Å². The summed E-state index contributed by atoms with van der Waals surface area (Å²) < 4.78 is 104. The number of methoxy groups -OCH3 is 9. The van der Waals surface area contributed by atoms with Crippen LogP contribution in [0.4, 0.5) is 0 Å². The van der Waals surface area contributed by atoms with Crippen molar-refractivity contribution in [1.82, 2.24) is 0 Å². The van der Waals surface area contributed by atoms with Crippen LogP contribution in [0.15, 0.2) is 133 Å². The summed E-state index contributed by atoms with van der Waals surface area (Å²) >= 11 is 0. The second kappa shape index (κ2) is 35.7. The molecule has 2 saturated heterocycles. The quantitative estimate of drug-likeness (QED) is 0.0174. The lowest BCUT2D eigenvalue weighted by Gasteiger charge is -2.31. The van der Waals surface area contributed by atoms with Crippen molar-refractivity contribution < 1.29 is 137 Å². The normalized spacial score (nSPS) is 19.4. The van der Waals surface area contributed by atoms with Gasteiger partial charge in [-0.2, -0.15) is 0 Å². The predicted octanol–water partition coefficient (Wildman–Crippen LogP) is 9.18. The molecule has 8 aromatic rings. The van der Waals surface area contributed by atoms with Crippen molar-refractivity contribution in [3.63, 3.8) is 0 Å². The van der Waals surface area contributed by atoms with Gasteiger partial charge in [-0.25, -0.2) is 0 Å². The number of aliphatic hydroxyl groups excluding tert-OH is 8. The second-order valence-electron chi connectivity index (χ2n) is 26.0. The lowest BCUT2D eigenvalue weighted by atomic mass is 9.85. The molecule has 109 heavy (non-hydrogen) atoms. The van der Waals surface area contributed by atoms with Crippen molar-refractivity contribution >= 4 is 6.08 Å². The largest absolute Gasteiger partial charge is 0.504 e. The molecular formula is C81H92O28. The van der Waals surface area contributed by atoms with Gasteiger partial charge in [-0.3, -0.25) is 0 Å². The summed E-state index contributed by atoms with van der Waals surface area (Å²) in [6.45, 7) is -0.519. The number of phenolic OH excluding ortho intramolecular Hbond substituents is 3. The van der Waals surface area contributed by atoms with Crippen LogP contribution < -0.4 is 71.1 Å². The number of ether oxygens (including phenoxy) is 17. The third-order valence-electron chi connectivity index (χ3n) is 19.6. The van der Waals surface area contributed by atoms with E-state index < -0.39 is 105 Å². The number of hydrogen-bond donors (Lipinski definition) is 11. The van der Waals surface area contributed by atoms with Crippen molar-refractivity contribution in [2.24, 2.45) is 11.8 Å². The molecule has 3 aliphatic heterocycles. The Bertz CT molecular complexity index is 4420. The highest BCUT2D eigenvalue weighted by atomic mass is 16.6. The highest BCUT2D eigenvalue weighted by Gasteiger charge is 2.50. The Morgan fingerprint density at radius 1 is 0.413 bits per heavy atom. The molecule has 3 heterocycles. The highest BCUT2D eigenvalue weighted by molar-refractivity contribution is 5.60. The van der Waals surface area contributed by atoms with E-state index in [0.29, 0.717) is 52.3 Å². The lowest BCUT2D eigenvalue weighted by Crippen LogP contribution is -2.34. The van der Waals surface area contributed by atoms with Crippen LogP contribution >= 0.6 is 0 Å². The fourth-order valence-corrected chi connectivity index (χ4v) is 14.0. The zero-order valence-electron chi connectivity index (χ0n) is 61.7. The molecule has 584 valence electrons. The summed E-state index contributed by atoms with van der Waals surface area (Å²) in [5.41, 5.74) is 4.10. The van der Waals surface area contributed by atoms with E-state index in [1.54, 1.807) is 91.0 Å². The Hall–Kier alpha value is -10.5. The second-order valence-corrected chi connectivity index (χ2v) is 26.0. The summed E-state index contributed by atoms with van der Waals surface area (Å²) in [6, 6.07) is 33.2. The van der Waals surface area contributed by atoms with Crippen molar-refractivity contribution in [3.8, 4) is 103 Å². The minimum atomic E-state index is -1.49. The van der Waals surface area contributed by atoms with E-state index in [1.807, 2.05) is 0 Å². The van der Waals surface area contributed by atoms with Crippen molar-refractivity contribution in [3.05, 3.63) is 184 Å². The highest BCUT2D eigenvalue weighted by Crippen LogP contribution is 2.57. The summed E-state index contributed by atoms with van der Waals surface area (Å²) in [4.78, 5) is 0. The Kier molecular flexibility index (Phi) is 26.0. The van der Waals surface area contributed by atoms with Crippen LogP contribution in [0.25, 0.3) is 6.08 Å². The van der Waals surface area contributed by atoms with E-state index in [4.69, 9.17) is 80.5 Å². The molecule has 0 bridgehead atoms. The molecule has 28 heteroatoms. The van der Waals surface area contributed by atoms with Gasteiger partial charge >= 0.3 is 0 Å². The molecule has 0 radical (unpaired) electrons.